The fourth-order valence-electron chi connectivity index (χ4n) is 4.77. The van der Waals surface area contributed by atoms with Crippen molar-refractivity contribution in [2.45, 2.75) is 19.3 Å². The normalized spacial score (nSPS) is 14.6. The summed E-state index contributed by atoms with van der Waals surface area (Å²) in [6.07, 6.45) is 1.23. The predicted octanol–water partition coefficient (Wildman–Crippen LogP) is 6.52. The van der Waals surface area contributed by atoms with Gasteiger partial charge < -0.3 is 14.5 Å². The molecule has 0 fully saturated rings. The monoisotopic (exact) mass is 505 g/mol. The zero-order valence-electron chi connectivity index (χ0n) is 20.8. The number of anilines is 1. The van der Waals surface area contributed by atoms with Gasteiger partial charge in [0.05, 0.1) is 16.2 Å². The molecule has 1 aliphatic heterocycles. The van der Waals surface area contributed by atoms with Crippen molar-refractivity contribution in [3.63, 3.8) is 0 Å². The number of carbonyl (C=O) groups excluding carboxylic acids is 1. The van der Waals surface area contributed by atoms with E-state index in [1.807, 2.05) is 84.9 Å². The molecule has 0 N–H and O–H groups in total. The Morgan fingerprint density at radius 3 is 2.03 bits per heavy atom. The summed E-state index contributed by atoms with van der Waals surface area (Å²) >= 11 is 0. The fourth-order valence-corrected chi connectivity index (χ4v) is 4.77. The van der Waals surface area contributed by atoms with Crippen LogP contribution in [0.3, 0.4) is 0 Å². The Kier molecular flexibility index (Phi) is 7.17. The second-order valence-electron chi connectivity index (χ2n) is 9.03. The van der Waals surface area contributed by atoms with Crippen LogP contribution in [-0.2, 0) is 13.1 Å². The Balaban J connectivity index is 1.65. The largest absolute Gasteiger partial charge is 0.490 e. The van der Waals surface area contributed by atoms with Gasteiger partial charge in [-0.2, -0.15) is 0 Å². The van der Waals surface area contributed by atoms with Crippen molar-refractivity contribution in [2.75, 3.05) is 11.5 Å². The molecule has 0 aromatic heterocycles. The van der Waals surface area contributed by atoms with Crippen molar-refractivity contribution in [1.82, 2.24) is 4.90 Å². The lowest BCUT2D eigenvalue weighted by molar-refractivity contribution is -0.384. The molecule has 0 unspecified atom stereocenters. The maximum absolute atomic E-state index is 14.0. The molecule has 0 aliphatic carbocycles. The molecule has 4 aromatic carbocycles. The molecule has 0 bridgehead atoms. The maximum atomic E-state index is 14.0. The molecule has 1 heterocycles. The number of benzene rings is 4. The van der Waals surface area contributed by atoms with Crippen LogP contribution in [0, 0.1) is 10.1 Å². The summed E-state index contributed by atoms with van der Waals surface area (Å²) in [5.41, 5.74) is 3.78. The molecule has 1 amide bonds. The molecule has 5 rings (SSSR count). The van der Waals surface area contributed by atoms with Crippen molar-refractivity contribution >= 4 is 17.3 Å². The second kappa shape index (κ2) is 11.0. The number of rotatable bonds is 9. The van der Waals surface area contributed by atoms with E-state index in [4.69, 9.17) is 4.74 Å². The molecule has 0 spiro atoms. The minimum Gasteiger partial charge on any atom is -0.490 e. The average Bonchev–Trinajstić information content (AvgIpc) is 2.95. The number of hydrogen-bond acceptors (Lipinski definition) is 5. The van der Waals surface area contributed by atoms with E-state index in [2.05, 4.69) is 11.5 Å². The van der Waals surface area contributed by atoms with Crippen molar-refractivity contribution in [3.05, 3.63) is 148 Å². The van der Waals surface area contributed by atoms with E-state index in [9.17, 15) is 14.9 Å². The first-order chi connectivity index (χ1) is 18.5. The minimum absolute atomic E-state index is 0.112. The molecule has 0 saturated heterocycles. The molecule has 0 radical (unpaired) electrons. The topological polar surface area (TPSA) is 75.9 Å². The van der Waals surface area contributed by atoms with Crippen LogP contribution in [0.4, 0.5) is 11.4 Å². The molecule has 7 nitrogen and oxygen atoms in total. The fraction of sp³-hybridized carbons (Fsp3) is 0.129. The molecule has 38 heavy (non-hydrogen) atoms. The van der Waals surface area contributed by atoms with Gasteiger partial charge in [0.2, 0.25) is 0 Å². The van der Waals surface area contributed by atoms with Gasteiger partial charge in [-0.25, -0.2) is 0 Å². The van der Waals surface area contributed by atoms with E-state index in [1.165, 1.54) is 12.1 Å². The quantitative estimate of drug-likeness (QED) is 0.147. The van der Waals surface area contributed by atoms with E-state index in [0.717, 1.165) is 16.7 Å². The highest BCUT2D eigenvalue weighted by Gasteiger charge is 2.39. The first-order valence-electron chi connectivity index (χ1n) is 12.3. The lowest BCUT2D eigenvalue weighted by atomic mass is 9.98. The smallest absolute Gasteiger partial charge is 0.270 e. The number of nitrogens with zero attached hydrogens (tertiary/aromatic N) is 3. The highest BCUT2D eigenvalue weighted by Crippen LogP contribution is 2.42. The summed E-state index contributed by atoms with van der Waals surface area (Å²) in [6, 6.07) is 31.9. The average molecular weight is 506 g/mol. The number of fused-ring (bicyclic) bond motifs is 1. The van der Waals surface area contributed by atoms with Crippen LogP contribution in [-0.4, -0.2) is 22.3 Å². The molecule has 1 atom stereocenters. The van der Waals surface area contributed by atoms with Gasteiger partial charge in [-0.3, -0.25) is 14.9 Å². The minimum atomic E-state index is -0.468. The Morgan fingerprint density at radius 1 is 0.842 bits per heavy atom. The van der Waals surface area contributed by atoms with E-state index in [-0.39, 0.29) is 11.6 Å². The van der Waals surface area contributed by atoms with Crippen LogP contribution >= 0.6 is 0 Å². The number of nitro groups is 1. The SMILES string of the molecule is C=CCOc1ccc([C@H]2N(Cc3ccccc3)C(=O)c3cc([N+](=O)[O-])ccc3N2Cc2ccccc2)cc1. The van der Waals surface area contributed by atoms with E-state index in [1.54, 1.807) is 17.0 Å². The third-order valence-electron chi connectivity index (χ3n) is 6.52. The summed E-state index contributed by atoms with van der Waals surface area (Å²) in [5, 5.41) is 11.6. The van der Waals surface area contributed by atoms with Gasteiger partial charge in [-0.05, 0) is 34.9 Å². The van der Waals surface area contributed by atoms with Crippen LogP contribution in [0.2, 0.25) is 0 Å². The Labute approximate surface area is 221 Å². The molecule has 7 heteroatoms. The van der Waals surface area contributed by atoms with Crippen molar-refractivity contribution in [3.8, 4) is 5.75 Å². The lowest BCUT2D eigenvalue weighted by Crippen LogP contribution is -2.48. The van der Waals surface area contributed by atoms with Crippen molar-refractivity contribution in [2.24, 2.45) is 0 Å². The number of amides is 1. The summed E-state index contributed by atoms with van der Waals surface area (Å²) in [7, 11) is 0. The number of non-ortho nitro benzene ring substituents is 1. The van der Waals surface area contributed by atoms with E-state index < -0.39 is 11.1 Å². The Morgan fingerprint density at radius 2 is 1.45 bits per heavy atom. The maximum Gasteiger partial charge on any atom is 0.270 e. The number of carbonyl (C=O) groups is 1. The highest BCUT2D eigenvalue weighted by atomic mass is 16.6. The molecule has 4 aromatic rings. The van der Waals surface area contributed by atoms with Gasteiger partial charge in [0.15, 0.2) is 0 Å². The predicted molar refractivity (Wildman–Crippen MR) is 147 cm³/mol. The molecular formula is C31H27N3O4. The van der Waals surface area contributed by atoms with E-state index in [0.29, 0.717) is 36.7 Å². The van der Waals surface area contributed by atoms with Crippen LogP contribution in [0.5, 0.6) is 5.75 Å². The van der Waals surface area contributed by atoms with Gasteiger partial charge in [-0.15, -0.1) is 0 Å². The Hall–Kier alpha value is -4.91. The molecule has 1 aliphatic rings. The second-order valence-corrected chi connectivity index (χ2v) is 9.03. The third-order valence-corrected chi connectivity index (χ3v) is 6.52. The van der Waals surface area contributed by atoms with Gasteiger partial charge in [0.25, 0.3) is 11.6 Å². The number of ether oxygens (including phenoxy) is 1. The van der Waals surface area contributed by atoms with Crippen LogP contribution < -0.4 is 9.64 Å². The number of nitro benzene ring substituents is 1. The van der Waals surface area contributed by atoms with E-state index >= 15 is 0 Å². The van der Waals surface area contributed by atoms with Crippen LogP contribution in [0.15, 0.2) is 116 Å². The third kappa shape index (κ3) is 5.13. The van der Waals surface area contributed by atoms with Crippen LogP contribution in [0.25, 0.3) is 0 Å². The van der Waals surface area contributed by atoms with Crippen LogP contribution in [0.1, 0.15) is 33.2 Å². The zero-order valence-corrected chi connectivity index (χ0v) is 20.8. The first kappa shape index (κ1) is 24.8. The zero-order chi connectivity index (χ0) is 26.5. The van der Waals surface area contributed by atoms with Gasteiger partial charge in [-0.1, -0.05) is 85.5 Å². The van der Waals surface area contributed by atoms with Gasteiger partial charge in [0.1, 0.15) is 18.5 Å². The molecular weight excluding hydrogens is 478 g/mol. The summed E-state index contributed by atoms with van der Waals surface area (Å²) in [4.78, 5) is 29.1. The molecule has 0 saturated carbocycles. The summed E-state index contributed by atoms with van der Waals surface area (Å²) in [6.45, 7) is 4.93. The standard InChI is InChI=1S/C31H27N3O4/c1-2-19-38-27-16-13-25(14-17-27)30-32(21-23-9-5-3-6-10-23)29-18-15-26(34(36)37)20-28(29)31(35)33(30)22-24-11-7-4-8-12-24/h2-18,20,30H,1,19,21-22H2/t30-/m1/s1. The first-order valence-corrected chi connectivity index (χ1v) is 12.3. The molecule has 190 valence electrons. The number of hydrogen-bond donors (Lipinski definition) is 0. The summed E-state index contributed by atoms with van der Waals surface area (Å²) < 4.78 is 5.68. The van der Waals surface area contributed by atoms with Crippen molar-refractivity contribution < 1.29 is 14.5 Å². The van der Waals surface area contributed by atoms with Gasteiger partial charge in [0, 0.05) is 25.2 Å². The van der Waals surface area contributed by atoms with Gasteiger partial charge >= 0.3 is 0 Å². The lowest BCUT2D eigenvalue weighted by Gasteiger charge is -2.46. The van der Waals surface area contributed by atoms with Crippen molar-refractivity contribution in [1.29, 1.82) is 0 Å². The highest BCUT2D eigenvalue weighted by molar-refractivity contribution is 6.02. The summed E-state index contributed by atoms with van der Waals surface area (Å²) in [5.74, 6) is 0.449. The Bertz CT molecular complexity index is 1440.